The molecule has 3 aromatic heterocycles. The van der Waals surface area contributed by atoms with Gasteiger partial charge in [0.05, 0.1) is 18.9 Å². The molecule has 0 N–H and O–H groups in total. The molecule has 0 aromatic carbocycles. The van der Waals surface area contributed by atoms with E-state index in [-0.39, 0.29) is 17.8 Å². The summed E-state index contributed by atoms with van der Waals surface area (Å²) in [5.74, 6) is 0.501. The van der Waals surface area contributed by atoms with Crippen molar-refractivity contribution in [1.29, 1.82) is 0 Å². The first-order valence-electron chi connectivity index (χ1n) is 9.04. The lowest BCUT2D eigenvalue weighted by Crippen LogP contribution is -2.41. The van der Waals surface area contributed by atoms with Gasteiger partial charge in [0.2, 0.25) is 5.88 Å². The maximum atomic E-state index is 12.4. The summed E-state index contributed by atoms with van der Waals surface area (Å²) in [6.45, 7) is 3.56. The number of hydrogen-bond donors (Lipinski definition) is 0. The maximum absolute atomic E-state index is 12.4. The molecule has 4 rings (SSSR count). The topological polar surface area (TPSA) is 92.0 Å². The lowest BCUT2D eigenvalue weighted by atomic mass is 9.82. The standard InChI is InChI=1S/C20H21N5O3/c1-20(12-27-13-20)9-17(26)14-6-7-18(22-10-14)28-11-16-19(23-24-25(16)2)15-5-3-4-8-21-15/h3-8,10H,9,11-13H2,1-2H3. The van der Waals surface area contributed by atoms with Gasteiger partial charge in [0.15, 0.2) is 5.78 Å². The Hall–Kier alpha value is -3.13. The Bertz CT molecular complexity index is 965. The molecule has 144 valence electrons. The number of rotatable bonds is 7. The Balaban J connectivity index is 1.42. The number of hydrogen-bond acceptors (Lipinski definition) is 7. The van der Waals surface area contributed by atoms with E-state index in [4.69, 9.17) is 9.47 Å². The molecule has 1 saturated heterocycles. The van der Waals surface area contributed by atoms with Crippen LogP contribution in [0.5, 0.6) is 5.88 Å². The molecule has 0 unspecified atom stereocenters. The summed E-state index contributed by atoms with van der Waals surface area (Å²) in [7, 11) is 1.80. The summed E-state index contributed by atoms with van der Waals surface area (Å²) < 4.78 is 12.7. The third-order valence-corrected chi connectivity index (χ3v) is 4.75. The van der Waals surface area contributed by atoms with Crippen LogP contribution in [0.25, 0.3) is 11.4 Å². The summed E-state index contributed by atoms with van der Waals surface area (Å²) in [5, 5.41) is 8.24. The minimum Gasteiger partial charge on any atom is -0.471 e. The van der Waals surface area contributed by atoms with Gasteiger partial charge >= 0.3 is 0 Å². The third-order valence-electron chi connectivity index (χ3n) is 4.75. The fourth-order valence-electron chi connectivity index (χ4n) is 3.06. The van der Waals surface area contributed by atoms with E-state index >= 15 is 0 Å². The molecular formula is C20H21N5O3. The molecular weight excluding hydrogens is 358 g/mol. The van der Waals surface area contributed by atoms with E-state index in [9.17, 15) is 4.79 Å². The Kier molecular flexibility index (Phi) is 4.87. The zero-order valence-corrected chi connectivity index (χ0v) is 15.8. The minimum absolute atomic E-state index is 0.0549. The SMILES string of the molecule is Cn1nnc(-c2ccccn2)c1COc1ccc(C(=O)CC2(C)COC2)cn1. The molecule has 4 heterocycles. The van der Waals surface area contributed by atoms with Crippen LogP contribution in [0.3, 0.4) is 0 Å². The van der Waals surface area contributed by atoms with Crippen LogP contribution in [-0.2, 0) is 18.4 Å². The summed E-state index contributed by atoms with van der Waals surface area (Å²) in [5.41, 5.74) is 2.72. The van der Waals surface area contributed by atoms with Crippen LogP contribution < -0.4 is 4.74 Å². The number of aromatic nitrogens is 5. The zero-order chi connectivity index (χ0) is 19.6. The molecule has 0 atom stereocenters. The van der Waals surface area contributed by atoms with Crippen molar-refractivity contribution in [2.45, 2.75) is 20.0 Å². The van der Waals surface area contributed by atoms with E-state index < -0.39 is 0 Å². The largest absolute Gasteiger partial charge is 0.471 e. The fraction of sp³-hybridized carbons (Fsp3) is 0.350. The fourth-order valence-corrected chi connectivity index (χ4v) is 3.06. The number of aryl methyl sites for hydroxylation is 1. The van der Waals surface area contributed by atoms with Crippen LogP contribution in [0.1, 0.15) is 29.4 Å². The first-order valence-corrected chi connectivity index (χ1v) is 9.04. The molecule has 3 aromatic rings. The Morgan fingerprint density at radius 1 is 1.25 bits per heavy atom. The minimum atomic E-state index is -0.0549. The van der Waals surface area contributed by atoms with Crippen LogP contribution in [0.15, 0.2) is 42.7 Å². The highest BCUT2D eigenvalue weighted by molar-refractivity contribution is 5.96. The highest BCUT2D eigenvalue weighted by Crippen LogP contribution is 2.32. The molecule has 1 aliphatic heterocycles. The van der Waals surface area contributed by atoms with Crippen molar-refractivity contribution in [3.63, 3.8) is 0 Å². The third kappa shape index (κ3) is 3.77. The van der Waals surface area contributed by atoms with Crippen molar-refractivity contribution in [3.8, 4) is 17.3 Å². The normalized spacial score (nSPS) is 15.1. The number of carbonyl (C=O) groups excluding carboxylic acids is 1. The number of ether oxygens (including phenoxy) is 2. The van der Waals surface area contributed by atoms with E-state index in [1.54, 1.807) is 36.3 Å². The molecule has 1 fully saturated rings. The predicted octanol–water partition coefficient (Wildman–Crippen LogP) is 2.46. The first kappa shape index (κ1) is 18.2. The molecule has 1 aliphatic rings. The zero-order valence-electron chi connectivity index (χ0n) is 15.8. The molecule has 28 heavy (non-hydrogen) atoms. The van der Waals surface area contributed by atoms with E-state index in [0.717, 1.165) is 11.4 Å². The number of carbonyl (C=O) groups is 1. The summed E-state index contributed by atoms with van der Waals surface area (Å²) >= 11 is 0. The Morgan fingerprint density at radius 3 is 2.75 bits per heavy atom. The highest BCUT2D eigenvalue weighted by atomic mass is 16.5. The van der Waals surface area contributed by atoms with Gasteiger partial charge < -0.3 is 9.47 Å². The van der Waals surface area contributed by atoms with Crippen molar-refractivity contribution >= 4 is 5.78 Å². The lowest BCUT2D eigenvalue weighted by molar-refractivity contribution is -0.0996. The van der Waals surface area contributed by atoms with E-state index in [2.05, 4.69) is 27.2 Å². The number of pyridine rings is 2. The van der Waals surface area contributed by atoms with E-state index in [1.165, 1.54) is 0 Å². The van der Waals surface area contributed by atoms with Gasteiger partial charge in [0, 0.05) is 42.9 Å². The van der Waals surface area contributed by atoms with Gasteiger partial charge in [-0.05, 0) is 18.2 Å². The number of ketones is 1. The van der Waals surface area contributed by atoms with Crippen molar-refractivity contribution in [3.05, 3.63) is 54.0 Å². The molecule has 8 nitrogen and oxygen atoms in total. The van der Waals surface area contributed by atoms with Crippen LogP contribution in [-0.4, -0.2) is 44.0 Å². The monoisotopic (exact) mass is 379 g/mol. The average molecular weight is 379 g/mol. The second kappa shape index (κ2) is 7.47. The van der Waals surface area contributed by atoms with Gasteiger partial charge in [-0.1, -0.05) is 18.2 Å². The predicted molar refractivity (Wildman–Crippen MR) is 101 cm³/mol. The highest BCUT2D eigenvalue weighted by Gasteiger charge is 2.35. The molecule has 0 spiro atoms. The second-order valence-corrected chi connectivity index (χ2v) is 7.30. The van der Waals surface area contributed by atoms with Gasteiger partial charge in [-0.25, -0.2) is 9.67 Å². The summed E-state index contributed by atoms with van der Waals surface area (Å²) in [6.07, 6.45) is 3.73. The van der Waals surface area contributed by atoms with Crippen LogP contribution in [0.2, 0.25) is 0 Å². The van der Waals surface area contributed by atoms with Crippen molar-refractivity contribution < 1.29 is 14.3 Å². The number of Topliss-reactive ketones (excluding diaryl/α,β-unsaturated/α-hetero) is 1. The summed E-state index contributed by atoms with van der Waals surface area (Å²) in [6, 6.07) is 9.07. The molecule has 0 bridgehead atoms. The van der Waals surface area contributed by atoms with Crippen molar-refractivity contribution in [2.24, 2.45) is 12.5 Å². The molecule has 8 heteroatoms. The quantitative estimate of drug-likeness (QED) is 0.582. The van der Waals surface area contributed by atoms with Gasteiger partial charge in [-0.15, -0.1) is 5.10 Å². The molecule has 0 radical (unpaired) electrons. The molecule has 0 amide bonds. The van der Waals surface area contributed by atoms with Crippen molar-refractivity contribution in [2.75, 3.05) is 13.2 Å². The molecule has 0 aliphatic carbocycles. The van der Waals surface area contributed by atoms with Gasteiger partial charge in [0.25, 0.3) is 0 Å². The average Bonchev–Trinajstić information content (AvgIpc) is 3.06. The van der Waals surface area contributed by atoms with Crippen LogP contribution >= 0.6 is 0 Å². The smallest absolute Gasteiger partial charge is 0.213 e. The van der Waals surface area contributed by atoms with E-state index in [0.29, 0.717) is 36.8 Å². The number of nitrogens with zero attached hydrogens (tertiary/aromatic N) is 5. The Labute approximate surface area is 162 Å². The van der Waals surface area contributed by atoms with Gasteiger partial charge in [-0.3, -0.25) is 9.78 Å². The van der Waals surface area contributed by atoms with E-state index in [1.807, 2.05) is 18.2 Å². The van der Waals surface area contributed by atoms with Gasteiger partial charge in [0.1, 0.15) is 18.0 Å². The summed E-state index contributed by atoms with van der Waals surface area (Å²) in [4.78, 5) is 21.0. The van der Waals surface area contributed by atoms with Crippen molar-refractivity contribution in [1.82, 2.24) is 25.0 Å². The first-order chi connectivity index (χ1) is 13.5. The lowest BCUT2D eigenvalue weighted by Gasteiger charge is -2.37. The van der Waals surface area contributed by atoms with Gasteiger partial charge in [-0.2, -0.15) is 0 Å². The van der Waals surface area contributed by atoms with Crippen LogP contribution in [0.4, 0.5) is 0 Å². The Morgan fingerprint density at radius 2 is 2.11 bits per heavy atom. The second-order valence-electron chi connectivity index (χ2n) is 7.30. The molecule has 0 saturated carbocycles. The van der Waals surface area contributed by atoms with Crippen LogP contribution in [0, 0.1) is 5.41 Å². The maximum Gasteiger partial charge on any atom is 0.213 e.